The molecule has 0 amide bonds. The molecule has 8 heteroatoms. The molecule has 2 saturated heterocycles. The summed E-state index contributed by atoms with van der Waals surface area (Å²) in [6.07, 6.45) is 9.65. The third kappa shape index (κ3) is 3.25. The molecular formula is C17H29N5O2S. The third-order valence-electron chi connectivity index (χ3n) is 6.23. The molecule has 3 aliphatic rings. The third-order valence-corrected chi connectivity index (χ3v) is 8.24. The average molecular weight is 368 g/mol. The summed E-state index contributed by atoms with van der Waals surface area (Å²) in [4.78, 5) is 4.41. The Morgan fingerprint density at radius 3 is 2.72 bits per heavy atom. The quantitative estimate of drug-likeness (QED) is 0.869. The highest BCUT2D eigenvalue weighted by Crippen LogP contribution is 2.38. The number of fused-ring (bicyclic) bond motifs is 1. The molecule has 1 saturated carbocycles. The van der Waals surface area contributed by atoms with E-state index >= 15 is 0 Å². The molecule has 0 radical (unpaired) electrons. The number of nitrogens with one attached hydrogen (secondary N) is 1. The van der Waals surface area contributed by atoms with Gasteiger partial charge in [0.15, 0.2) is 0 Å². The lowest BCUT2D eigenvalue weighted by Gasteiger charge is -2.44. The van der Waals surface area contributed by atoms with E-state index in [-0.39, 0.29) is 6.04 Å². The maximum absolute atomic E-state index is 13.4. The topological polar surface area (TPSA) is 70.5 Å². The minimum atomic E-state index is -3.45. The van der Waals surface area contributed by atoms with Crippen molar-refractivity contribution in [1.82, 2.24) is 23.5 Å². The van der Waals surface area contributed by atoms with Crippen molar-refractivity contribution in [3.05, 3.63) is 18.2 Å². The van der Waals surface area contributed by atoms with Gasteiger partial charge in [-0.15, -0.1) is 0 Å². The van der Waals surface area contributed by atoms with Gasteiger partial charge in [0, 0.05) is 52.2 Å². The first-order valence-corrected chi connectivity index (χ1v) is 10.9. The second kappa shape index (κ2) is 6.98. The highest BCUT2D eigenvalue weighted by atomic mass is 32.2. The molecule has 25 heavy (non-hydrogen) atoms. The highest BCUT2D eigenvalue weighted by Gasteiger charge is 2.42. The molecule has 3 heterocycles. The minimum Gasteiger partial charge on any atom is -0.337 e. The van der Waals surface area contributed by atoms with Crippen LogP contribution < -0.4 is 5.32 Å². The van der Waals surface area contributed by atoms with Crippen LogP contribution in [0.4, 0.5) is 0 Å². The fourth-order valence-electron chi connectivity index (χ4n) is 4.81. The fraction of sp³-hybridized carbons (Fsp3) is 0.824. The van der Waals surface area contributed by atoms with Gasteiger partial charge in [0.25, 0.3) is 10.2 Å². The SMILES string of the molecule is Cn1ccnc1C1CNCCN1S(=O)(=O)N1CCC2CCCCC2C1. The lowest BCUT2D eigenvalue weighted by Crippen LogP contribution is -2.56. The van der Waals surface area contributed by atoms with Crippen LogP contribution in [0.2, 0.25) is 0 Å². The van der Waals surface area contributed by atoms with Crippen LogP contribution in [0.5, 0.6) is 0 Å². The molecule has 1 aromatic rings. The summed E-state index contributed by atoms with van der Waals surface area (Å²) in [6, 6.07) is -0.233. The molecule has 3 unspecified atom stereocenters. The van der Waals surface area contributed by atoms with Crippen LogP contribution in [0.3, 0.4) is 0 Å². The van der Waals surface area contributed by atoms with Crippen molar-refractivity contribution in [3.8, 4) is 0 Å². The summed E-state index contributed by atoms with van der Waals surface area (Å²) >= 11 is 0. The van der Waals surface area contributed by atoms with Gasteiger partial charge in [-0.3, -0.25) is 0 Å². The zero-order chi connectivity index (χ0) is 17.4. The molecule has 7 nitrogen and oxygen atoms in total. The standard InChI is InChI=1S/C17H29N5O2S/c1-20-10-8-19-17(20)16-12-18-7-11-22(16)25(23,24)21-9-6-14-4-2-3-5-15(14)13-21/h8,10,14-16,18H,2-7,9,11-13H2,1H3. The van der Waals surface area contributed by atoms with Gasteiger partial charge in [0.1, 0.15) is 5.82 Å². The second-order valence-corrected chi connectivity index (χ2v) is 9.57. The van der Waals surface area contributed by atoms with E-state index < -0.39 is 10.2 Å². The Labute approximate surface area is 150 Å². The van der Waals surface area contributed by atoms with E-state index in [2.05, 4.69) is 10.3 Å². The molecule has 4 rings (SSSR count). The van der Waals surface area contributed by atoms with Gasteiger partial charge in [-0.25, -0.2) is 4.98 Å². The molecule has 0 aromatic carbocycles. The van der Waals surface area contributed by atoms with Crippen LogP contribution in [0.1, 0.15) is 44.0 Å². The Bertz CT molecular complexity index is 704. The van der Waals surface area contributed by atoms with Gasteiger partial charge in [-0.1, -0.05) is 19.3 Å². The molecule has 0 spiro atoms. The Morgan fingerprint density at radius 1 is 1.16 bits per heavy atom. The predicted molar refractivity (Wildman–Crippen MR) is 96.1 cm³/mol. The first-order chi connectivity index (χ1) is 12.1. The second-order valence-electron chi connectivity index (χ2n) is 7.69. The number of piperidine rings is 1. The van der Waals surface area contributed by atoms with E-state index in [4.69, 9.17) is 0 Å². The molecule has 3 fully saturated rings. The first kappa shape index (κ1) is 17.5. The maximum Gasteiger partial charge on any atom is 0.282 e. The van der Waals surface area contributed by atoms with Gasteiger partial charge in [-0.05, 0) is 24.7 Å². The molecule has 0 bridgehead atoms. The Kier molecular flexibility index (Phi) is 4.87. The van der Waals surface area contributed by atoms with E-state index in [0.717, 1.165) is 18.2 Å². The average Bonchev–Trinajstić information content (AvgIpc) is 3.07. The van der Waals surface area contributed by atoms with E-state index in [1.807, 2.05) is 17.8 Å². The van der Waals surface area contributed by atoms with Crippen molar-refractivity contribution in [2.75, 3.05) is 32.7 Å². The number of piperazine rings is 1. The van der Waals surface area contributed by atoms with E-state index in [0.29, 0.717) is 38.6 Å². The number of imidazole rings is 1. The molecule has 1 aliphatic carbocycles. The zero-order valence-corrected chi connectivity index (χ0v) is 15.8. The number of hydrogen-bond acceptors (Lipinski definition) is 4. The summed E-state index contributed by atoms with van der Waals surface area (Å²) in [7, 11) is -1.53. The van der Waals surface area contributed by atoms with E-state index in [9.17, 15) is 8.42 Å². The summed E-state index contributed by atoms with van der Waals surface area (Å²) in [5.74, 6) is 2.09. The number of hydrogen-bond donors (Lipinski definition) is 1. The van der Waals surface area contributed by atoms with Gasteiger partial charge < -0.3 is 9.88 Å². The van der Waals surface area contributed by atoms with Gasteiger partial charge >= 0.3 is 0 Å². The van der Waals surface area contributed by atoms with Crippen molar-refractivity contribution in [1.29, 1.82) is 0 Å². The molecule has 1 N–H and O–H groups in total. The summed E-state index contributed by atoms with van der Waals surface area (Å²) < 4.78 is 32.2. The van der Waals surface area contributed by atoms with Crippen molar-refractivity contribution in [3.63, 3.8) is 0 Å². The van der Waals surface area contributed by atoms with Gasteiger partial charge in [0.2, 0.25) is 0 Å². The number of aromatic nitrogens is 2. The van der Waals surface area contributed by atoms with Crippen molar-refractivity contribution in [2.45, 2.75) is 38.1 Å². The van der Waals surface area contributed by atoms with Crippen LogP contribution in [0.25, 0.3) is 0 Å². The highest BCUT2D eigenvalue weighted by molar-refractivity contribution is 7.86. The van der Waals surface area contributed by atoms with Crippen molar-refractivity contribution in [2.24, 2.45) is 18.9 Å². The molecule has 140 valence electrons. The van der Waals surface area contributed by atoms with Gasteiger partial charge in [0.05, 0.1) is 6.04 Å². The maximum atomic E-state index is 13.4. The van der Waals surface area contributed by atoms with Crippen molar-refractivity contribution < 1.29 is 8.42 Å². The Hall–Kier alpha value is -0.960. The number of rotatable bonds is 3. The van der Waals surface area contributed by atoms with Crippen LogP contribution in [-0.2, 0) is 17.3 Å². The molecule has 2 aliphatic heterocycles. The first-order valence-electron chi connectivity index (χ1n) is 9.52. The Morgan fingerprint density at radius 2 is 1.96 bits per heavy atom. The largest absolute Gasteiger partial charge is 0.337 e. The Balaban J connectivity index is 1.56. The van der Waals surface area contributed by atoms with Crippen LogP contribution in [0, 0.1) is 11.8 Å². The van der Waals surface area contributed by atoms with Crippen LogP contribution in [-0.4, -0.2) is 59.3 Å². The predicted octanol–water partition coefficient (Wildman–Crippen LogP) is 1.12. The van der Waals surface area contributed by atoms with Crippen LogP contribution >= 0.6 is 0 Å². The fourth-order valence-corrected chi connectivity index (χ4v) is 6.63. The lowest BCUT2D eigenvalue weighted by atomic mass is 9.76. The minimum absolute atomic E-state index is 0.233. The van der Waals surface area contributed by atoms with E-state index in [1.165, 1.54) is 25.7 Å². The number of nitrogens with zero attached hydrogens (tertiary/aromatic N) is 4. The summed E-state index contributed by atoms with van der Waals surface area (Å²) in [5, 5.41) is 3.32. The van der Waals surface area contributed by atoms with Gasteiger partial charge in [-0.2, -0.15) is 17.0 Å². The lowest BCUT2D eigenvalue weighted by molar-refractivity contribution is 0.126. The normalized spacial score (nSPS) is 32.4. The molecule has 3 atom stereocenters. The summed E-state index contributed by atoms with van der Waals surface area (Å²) in [6.45, 7) is 3.18. The van der Waals surface area contributed by atoms with Crippen LogP contribution in [0.15, 0.2) is 12.4 Å². The zero-order valence-electron chi connectivity index (χ0n) is 15.0. The smallest absolute Gasteiger partial charge is 0.282 e. The summed E-state index contributed by atoms with van der Waals surface area (Å²) in [5.41, 5.74) is 0. The number of aryl methyl sites for hydroxylation is 1. The van der Waals surface area contributed by atoms with Crippen molar-refractivity contribution >= 4 is 10.2 Å². The molecule has 1 aromatic heterocycles. The van der Waals surface area contributed by atoms with E-state index in [1.54, 1.807) is 14.8 Å². The molecular weight excluding hydrogens is 338 g/mol. The monoisotopic (exact) mass is 367 g/mol.